The number of rotatable bonds is 5. The zero-order valence-electron chi connectivity index (χ0n) is 13.5. The second-order valence-corrected chi connectivity index (χ2v) is 6.86. The topological polar surface area (TPSA) is 0 Å². The second-order valence-electron chi connectivity index (χ2n) is 6.86. The summed E-state index contributed by atoms with van der Waals surface area (Å²) < 4.78 is 0. The van der Waals surface area contributed by atoms with Gasteiger partial charge in [0.15, 0.2) is 0 Å². The van der Waals surface area contributed by atoms with E-state index in [1.54, 1.807) is 0 Å². The van der Waals surface area contributed by atoms with Gasteiger partial charge in [0.05, 0.1) is 0 Å². The van der Waals surface area contributed by atoms with E-state index >= 15 is 0 Å². The van der Waals surface area contributed by atoms with Gasteiger partial charge in [0, 0.05) is 0 Å². The first-order valence-corrected chi connectivity index (χ1v) is 8.36. The molecular formula is C20H30. The van der Waals surface area contributed by atoms with E-state index < -0.39 is 0 Å². The molecule has 1 aromatic rings. The Balaban J connectivity index is 2.02. The predicted molar refractivity (Wildman–Crippen MR) is 89.9 cm³/mol. The third-order valence-corrected chi connectivity index (χ3v) is 4.96. The van der Waals surface area contributed by atoms with Gasteiger partial charge in [0.25, 0.3) is 0 Å². The van der Waals surface area contributed by atoms with Gasteiger partial charge in [-0.3, -0.25) is 0 Å². The molecule has 0 aromatic heterocycles. The first kappa shape index (κ1) is 15.4. The van der Waals surface area contributed by atoms with Crippen LogP contribution >= 0.6 is 0 Å². The van der Waals surface area contributed by atoms with Crippen LogP contribution in [0.25, 0.3) is 5.57 Å². The van der Waals surface area contributed by atoms with Crippen molar-refractivity contribution in [3.8, 4) is 0 Å². The van der Waals surface area contributed by atoms with Crippen molar-refractivity contribution in [3.63, 3.8) is 0 Å². The molecule has 0 spiro atoms. The van der Waals surface area contributed by atoms with E-state index in [-0.39, 0.29) is 0 Å². The van der Waals surface area contributed by atoms with Crippen molar-refractivity contribution >= 4 is 5.57 Å². The first-order valence-electron chi connectivity index (χ1n) is 8.36. The summed E-state index contributed by atoms with van der Waals surface area (Å²) in [6, 6.07) is 6.90. The van der Waals surface area contributed by atoms with Crippen molar-refractivity contribution in [2.75, 3.05) is 0 Å². The molecule has 0 unspecified atom stereocenters. The molecular weight excluding hydrogens is 240 g/mol. The maximum Gasteiger partial charge on any atom is -0.0219 e. The molecule has 0 heteroatoms. The van der Waals surface area contributed by atoms with Crippen LogP contribution in [0, 0.1) is 18.8 Å². The normalized spacial score (nSPS) is 16.6. The fraction of sp³-hybridized carbons (Fsp3) is 0.600. The van der Waals surface area contributed by atoms with Crippen LogP contribution in [0.3, 0.4) is 0 Å². The Kier molecular flexibility index (Phi) is 5.46. The summed E-state index contributed by atoms with van der Waals surface area (Å²) >= 11 is 0. The summed E-state index contributed by atoms with van der Waals surface area (Å²) in [6.45, 7) is 10.9. The molecule has 1 fully saturated rings. The van der Waals surface area contributed by atoms with Crippen molar-refractivity contribution in [3.05, 3.63) is 41.5 Å². The largest absolute Gasteiger partial charge is 0.0950 e. The van der Waals surface area contributed by atoms with E-state index in [0.29, 0.717) is 5.92 Å². The molecule has 1 aromatic carbocycles. The molecule has 1 aliphatic rings. The van der Waals surface area contributed by atoms with Crippen LogP contribution in [-0.2, 0) is 6.42 Å². The summed E-state index contributed by atoms with van der Waals surface area (Å²) in [4.78, 5) is 0. The molecule has 110 valence electrons. The van der Waals surface area contributed by atoms with Gasteiger partial charge in [0.1, 0.15) is 0 Å². The number of allylic oxidation sites excluding steroid dienone is 1. The minimum Gasteiger partial charge on any atom is -0.0950 e. The van der Waals surface area contributed by atoms with Crippen LogP contribution in [0.5, 0.6) is 0 Å². The average Bonchev–Trinajstić information content (AvgIpc) is 2.46. The fourth-order valence-corrected chi connectivity index (χ4v) is 3.31. The van der Waals surface area contributed by atoms with E-state index in [1.807, 2.05) is 0 Å². The number of aryl methyl sites for hydroxylation is 2. The van der Waals surface area contributed by atoms with Crippen LogP contribution in [0.4, 0.5) is 0 Å². The van der Waals surface area contributed by atoms with Gasteiger partial charge in [-0.1, -0.05) is 70.7 Å². The number of benzene rings is 1. The quantitative estimate of drug-likeness (QED) is 0.599. The highest BCUT2D eigenvalue weighted by Crippen LogP contribution is 2.29. The molecule has 0 N–H and O–H groups in total. The van der Waals surface area contributed by atoms with Crippen molar-refractivity contribution in [1.29, 1.82) is 0 Å². The van der Waals surface area contributed by atoms with Gasteiger partial charge < -0.3 is 0 Å². The summed E-state index contributed by atoms with van der Waals surface area (Å²) in [5, 5.41) is 0. The van der Waals surface area contributed by atoms with Crippen LogP contribution < -0.4 is 0 Å². The third-order valence-electron chi connectivity index (χ3n) is 4.96. The highest BCUT2D eigenvalue weighted by molar-refractivity contribution is 5.65. The molecule has 0 radical (unpaired) electrons. The molecule has 20 heavy (non-hydrogen) atoms. The SMILES string of the molecule is C=C(c1ccc(C)c(CCC2CCCCC2)c1)C(C)C. The van der Waals surface area contributed by atoms with Gasteiger partial charge in [-0.2, -0.15) is 0 Å². The van der Waals surface area contributed by atoms with Crippen LogP contribution in [0.2, 0.25) is 0 Å². The van der Waals surface area contributed by atoms with Gasteiger partial charge in [0.2, 0.25) is 0 Å². The summed E-state index contributed by atoms with van der Waals surface area (Å²) in [5.41, 5.74) is 5.59. The van der Waals surface area contributed by atoms with Crippen molar-refractivity contribution in [2.45, 2.75) is 65.7 Å². The Morgan fingerprint density at radius 1 is 1.20 bits per heavy atom. The summed E-state index contributed by atoms with van der Waals surface area (Å²) in [6.07, 6.45) is 9.89. The molecule has 0 aliphatic heterocycles. The van der Waals surface area contributed by atoms with E-state index in [4.69, 9.17) is 0 Å². The fourth-order valence-electron chi connectivity index (χ4n) is 3.31. The summed E-state index contributed by atoms with van der Waals surface area (Å²) in [5.74, 6) is 1.50. The lowest BCUT2D eigenvalue weighted by Crippen LogP contribution is -2.08. The van der Waals surface area contributed by atoms with Gasteiger partial charge in [-0.15, -0.1) is 0 Å². The molecule has 0 bridgehead atoms. The van der Waals surface area contributed by atoms with E-state index in [2.05, 4.69) is 45.5 Å². The first-order chi connectivity index (χ1) is 9.58. The number of hydrogen-bond donors (Lipinski definition) is 0. The van der Waals surface area contributed by atoms with E-state index in [1.165, 1.54) is 67.2 Å². The highest BCUT2D eigenvalue weighted by Gasteiger charge is 2.14. The molecule has 2 rings (SSSR count). The predicted octanol–water partition coefficient (Wildman–Crippen LogP) is 6.18. The number of hydrogen-bond acceptors (Lipinski definition) is 0. The molecule has 0 atom stereocenters. The lowest BCUT2D eigenvalue weighted by molar-refractivity contribution is 0.339. The standard InChI is InChI=1S/C20H30/c1-15(2)17(4)20-12-10-16(3)19(14-20)13-11-18-8-6-5-7-9-18/h10,12,14-15,18H,4-9,11,13H2,1-3H3. The minimum absolute atomic E-state index is 0.531. The Labute approximate surface area is 125 Å². The Morgan fingerprint density at radius 2 is 1.90 bits per heavy atom. The van der Waals surface area contributed by atoms with E-state index in [9.17, 15) is 0 Å². The molecule has 0 nitrogen and oxygen atoms in total. The van der Waals surface area contributed by atoms with Crippen molar-refractivity contribution < 1.29 is 0 Å². The van der Waals surface area contributed by atoms with Crippen molar-refractivity contribution in [1.82, 2.24) is 0 Å². The smallest absolute Gasteiger partial charge is 0.0219 e. The maximum atomic E-state index is 4.25. The molecule has 0 amide bonds. The lowest BCUT2D eigenvalue weighted by atomic mass is 9.84. The lowest BCUT2D eigenvalue weighted by Gasteiger charge is -2.22. The Bertz CT molecular complexity index is 447. The highest BCUT2D eigenvalue weighted by atomic mass is 14.2. The maximum absolute atomic E-state index is 4.25. The zero-order valence-corrected chi connectivity index (χ0v) is 13.5. The van der Waals surface area contributed by atoms with Gasteiger partial charge >= 0.3 is 0 Å². The Hall–Kier alpha value is -1.04. The Morgan fingerprint density at radius 3 is 2.55 bits per heavy atom. The summed E-state index contributed by atoms with van der Waals surface area (Å²) in [7, 11) is 0. The zero-order chi connectivity index (χ0) is 14.5. The second kappa shape index (κ2) is 7.11. The monoisotopic (exact) mass is 270 g/mol. The average molecular weight is 270 g/mol. The third kappa shape index (κ3) is 3.98. The van der Waals surface area contributed by atoms with Crippen LogP contribution in [0.1, 0.15) is 69.1 Å². The molecule has 1 aliphatic carbocycles. The van der Waals surface area contributed by atoms with Crippen molar-refractivity contribution in [2.24, 2.45) is 11.8 Å². The van der Waals surface area contributed by atoms with E-state index in [0.717, 1.165) is 5.92 Å². The van der Waals surface area contributed by atoms with Crippen LogP contribution in [0.15, 0.2) is 24.8 Å². The molecule has 0 saturated heterocycles. The van der Waals surface area contributed by atoms with Gasteiger partial charge in [-0.25, -0.2) is 0 Å². The van der Waals surface area contributed by atoms with Crippen LogP contribution in [-0.4, -0.2) is 0 Å². The van der Waals surface area contributed by atoms with Gasteiger partial charge in [-0.05, 0) is 53.9 Å². The minimum atomic E-state index is 0.531. The molecule has 1 saturated carbocycles. The molecule has 0 heterocycles.